The molecule has 2 aromatic carbocycles. The van der Waals surface area contributed by atoms with Crippen LogP contribution in [0.1, 0.15) is 5.56 Å². The highest BCUT2D eigenvalue weighted by Crippen LogP contribution is 2.20. The van der Waals surface area contributed by atoms with Gasteiger partial charge in [-0.1, -0.05) is 47.5 Å². The Balaban J connectivity index is 1.68. The van der Waals surface area contributed by atoms with Gasteiger partial charge in [-0.25, -0.2) is 4.79 Å². The summed E-state index contributed by atoms with van der Waals surface area (Å²) in [5.41, 5.74) is 0.716. The van der Waals surface area contributed by atoms with E-state index in [4.69, 9.17) is 32.7 Å². The molecular formula is C17H15Cl2NO4. The average molecular weight is 368 g/mol. The fraction of sp³-hybridized carbons (Fsp3) is 0.176. The lowest BCUT2D eigenvalue weighted by Gasteiger charge is -2.09. The van der Waals surface area contributed by atoms with Crippen LogP contribution in [0.3, 0.4) is 0 Å². The van der Waals surface area contributed by atoms with Crippen molar-refractivity contribution in [2.45, 2.75) is 6.54 Å². The Hall–Kier alpha value is -2.24. The number of hydrogen-bond acceptors (Lipinski definition) is 4. The topological polar surface area (TPSA) is 64.6 Å². The van der Waals surface area contributed by atoms with E-state index in [2.05, 4.69) is 5.32 Å². The minimum absolute atomic E-state index is 0.215. The van der Waals surface area contributed by atoms with Crippen LogP contribution in [0, 0.1) is 0 Å². The highest BCUT2D eigenvalue weighted by Gasteiger charge is 2.09. The summed E-state index contributed by atoms with van der Waals surface area (Å²) in [5.74, 6) is -0.510. The van der Waals surface area contributed by atoms with Crippen LogP contribution >= 0.6 is 23.2 Å². The van der Waals surface area contributed by atoms with E-state index in [1.165, 1.54) is 0 Å². The fourth-order valence-corrected chi connectivity index (χ4v) is 2.23. The number of carbonyl (C=O) groups excluding carboxylic acids is 2. The average Bonchev–Trinajstić information content (AvgIpc) is 2.58. The molecule has 24 heavy (non-hydrogen) atoms. The van der Waals surface area contributed by atoms with E-state index in [-0.39, 0.29) is 19.8 Å². The predicted molar refractivity (Wildman–Crippen MR) is 91.2 cm³/mol. The van der Waals surface area contributed by atoms with Crippen LogP contribution in [0.2, 0.25) is 10.0 Å². The lowest BCUT2D eigenvalue weighted by molar-refractivity contribution is -0.150. The molecule has 0 spiro atoms. The van der Waals surface area contributed by atoms with E-state index in [9.17, 15) is 9.59 Å². The first-order chi connectivity index (χ1) is 11.5. The lowest BCUT2D eigenvalue weighted by Crippen LogP contribution is -2.29. The molecule has 0 aromatic heterocycles. The van der Waals surface area contributed by atoms with E-state index in [0.717, 1.165) is 0 Å². The van der Waals surface area contributed by atoms with Crippen molar-refractivity contribution >= 4 is 35.1 Å². The Morgan fingerprint density at radius 1 is 1.00 bits per heavy atom. The highest BCUT2D eigenvalue weighted by molar-refractivity contribution is 6.35. The van der Waals surface area contributed by atoms with Crippen molar-refractivity contribution in [1.29, 1.82) is 0 Å². The van der Waals surface area contributed by atoms with Crippen LogP contribution < -0.4 is 10.1 Å². The zero-order chi connectivity index (χ0) is 17.4. The molecule has 126 valence electrons. The number of ether oxygens (including phenoxy) is 2. The molecule has 0 aliphatic heterocycles. The van der Waals surface area contributed by atoms with Gasteiger partial charge >= 0.3 is 5.97 Å². The minimum atomic E-state index is -0.626. The van der Waals surface area contributed by atoms with Gasteiger partial charge in [0.1, 0.15) is 5.75 Å². The van der Waals surface area contributed by atoms with Crippen LogP contribution in [-0.2, 0) is 20.9 Å². The second-order valence-electron chi connectivity index (χ2n) is 4.77. The molecule has 1 amide bonds. The standard InChI is InChI=1S/C17H15Cl2NO4/c18-13-7-6-12(15(19)8-13)9-20-16(21)10-24-17(22)11-23-14-4-2-1-3-5-14/h1-8H,9-11H2,(H,20,21). The summed E-state index contributed by atoms with van der Waals surface area (Å²) in [6.45, 7) is -0.435. The molecule has 0 aliphatic rings. The lowest BCUT2D eigenvalue weighted by atomic mass is 10.2. The van der Waals surface area contributed by atoms with Gasteiger partial charge in [0, 0.05) is 16.6 Å². The SMILES string of the molecule is O=C(COC(=O)COc1ccccc1)NCc1ccc(Cl)cc1Cl. The van der Waals surface area contributed by atoms with E-state index < -0.39 is 11.9 Å². The zero-order valence-electron chi connectivity index (χ0n) is 12.6. The molecule has 0 bridgehead atoms. The summed E-state index contributed by atoms with van der Waals surface area (Å²) in [5, 5.41) is 3.57. The first-order valence-electron chi connectivity index (χ1n) is 7.08. The van der Waals surface area contributed by atoms with Gasteiger partial charge in [-0.15, -0.1) is 0 Å². The van der Waals surface area contributed by atoms with Crippen molar-refractivity contribution in [3.8, 4) is 5.75 Å². The summed E-state index contributed by atoms with van der Waals surface area (Å²) in [7, 11) is 0. The van der Waals surface area contributed by atoms with Gasteiger partial charge in [0.05, 0.1) is 0 Å². The van der Waals surface area contributed by atoms with Gasteiger partial charge < -0.3 is 14.8 Å². The van der Waals surface area contributed by atoms with Crippen LogP contribution in [0.25, 0.3) is 0 Å². The van der Waals surface area contributed by atoms with Crippen molar-refractivity contribution in [1.82, 2.24) is 5.32 Å². The normalized spacial score (nSPS) is 10.1. The fourth-order valence-electron chi connectivity index (χ4n) is 1.76. The van der Waals surface area contributed by atoms with E-state index in [1.807, 2.05) is 6.07 Å². The largest absolute Gasteiger partial charge is 0.482 e. The molecule has 0 aliphatic carbocycles. The van der Waals surface area contributed by atoms with Crippen LogP contribution in [-0.4, -0.2) is 25.1 Å². The molecule has 2 rings (SSSR count). The number of para-hydroxylation sites is 1. The first-order valence-corrected chi connectivity index (χ1v) is 7.84. The van der Waals surface area contributed by atoms with Crippen molar-refractivity contribution < 1.29 is 19.1 Å². The van der Waals surface area contributed by atoms with Gasteiger partial charge in [0.15, 0.2) is 13.2 Å². The molecule has 0 heterocycles. The number of hydrogen-bond donors (Lipinski definition) is 1. The van der Waals surface area contributed by atoms with E-state index in [1.54, 1.807) is 42.5 Å². The Morgan fingerprint density at radius 2 is 1.75 bits per heavy atom. The molecule has 1 N–H and O–H groups in total. The summed E-state index contributed by atoms with van der Waals surface area (Å²) < 4.78 is 10.1. The van der Waals surface area contributed by atoms with Gasteiger partial charge in [0.2, 0.25) is 0 Å². The summed E-state index contributed by atoms with van der Waals surface area (Å²) in [6, 6.07) is 13.8. The maximum atomic E-state index is 11.7. The molecule has 0 fully saturated rings. The molecule has 5 nitrogen and oxygen atoms in total. The maximum Gasteiger partial charge on any atom is 0.344 e. The van der Waals surface area contributed by atoms with Gasteiger partial charge in [0.25, 0.3) is 5.91 Å². The summed E-state index contributed by atoms with van der Waals surface area (Å²) in [4.78, 5) is 23.2. The Bertz CT molecular complexity index is 707. The van der Waals surface area contributed by atoms with Gasteiger partial charge in [-0.05, 0) is 29.8 Å². The number of benzene rings is 2. The predicted octanol–water partition coefficient (Wildman–Crippen LogP) is 3.23. The molecule has 2 aromatic rings. The molecular weight excluding hydrogens is 353 g/mol. The van der Waals surface area contributed by atoms with Crippen molar-refractivity contribution in [2.24, 2.45) is 0 Å². The van der Waals surface area contributed by atoms with E-state index in [0.29, 0.717) is 21.4 Å². The van der Waals surface area contributed by atoms with Crippen LogP contribution in [0.15, 0.2) is 48.5 Å². The molecule has 7 heteroatoms. The van der Waals surface area contributed by atoms with Gasteiger partial charge in [-0.3, -0.25) is 4.79 Å². The third-order valence-corrected chi connectivity index (χ3v) is 3.54. The molecule has 0 unspecified atom stereocenters. The zero-order valence-corrected chi connectivity index (χ0v) is 14.1. The quantitative estimate of drug-likeness (QED) is 0.763. The first kappa shape index (κ1) is 18.1. The highest BCUT2D eigenvalue weighted by atomic mass is 35.5. The number of rotatable bonds is 7. The van der Waals surface area contributed by atoms with Crippen molar-refractivity contribution in [3.05, 3.63) is 64.1 Å². The number of halogens is 2. The third-order valence-electron chi connectivity index (χ3n) is 2.96. The van der Waals surface area contributed by atoms with Crippen LogP contribution in [0.4, 0.5) is 0 Å². The van der Waals surface area contributed by atoms with Crippen molar-refractivity contribution in [3.63, 3.8) is 0 Å². The number of esters is 1. The third kappa shape index (κ3) is 6.10. The monoisotopic (exact) mass is 367 g/mol. The number of carbonyl (C=O) groups is 2. The van der Waals surface area contributed by atoms with Gasteiger partial charge in [-0.2, -0.15) is 0 Å². The smallest absolute Gasteiger partial charge is 0.344 e. The Morgan fingerprint density at radius 3 is 2.46 bits per heavy atom. The molecule has 0 radical (unpaired) electrons. The number of nitrogens with one attached hydrogen (secondary N) is 1. The summed E-state index contributed by atoms with van der Waals surface area (Å²) >= 11 is 11.8. The molecule has 0 atom stereocenters. The molecule has 0 saturated heterocycles. The second-order valence-corrected chi connectivity index (χ2v) is 5.62. The van der Waals surface area contributed by atoms with Crippen molar-refractivity contribution in [2.75, 3.05) is 13.2 Å². The number of amides is 1. The summed E-state index contributed by atoms with van der Waals surface area (Å²) in [6.07, 6.45) is 0. The Kier molecular flexibility index (Phi) is 6.90. The molecule has 0 saturated carbocycles. The second kappa shape index (κ2) is 9.15. The maximum absolute atomic E-state index is 11.7. The Labute approximate surface area is 149 Å². The van der Waals surface area contributed by atoms with Crippen LogP contribution in [0.5, 0.6) is 5.75 Å². The van der Waals surface area contributed by atoms with E-state index >= 15 is 0 Å². The minimum Gasteiger partial charge on any atom is -0.482 e.